The highest BCUT2D eigenvalue weighted by molar-refractivity contribution is 14.1. The molecule has 5 rings (SSSR count). The SMILES string of the molecule is O=C(OC(C(CO)CO)C(F)(F)C(=O)[O-])c1cc(I)cc(I)c1OC(=O)C12CC3CC(CC(C3)C1)C2. The summed E-state index contributed by atoms with van der Waals surface area (Å²) < 4.78 is 40.3. The van der Waals surface area contributed by atoms with Gasteiger partial charge in [0.15, 0.2) is 11.9 Å². The van der Waals surface area contributed by atoms with Crippen molar-refractivity contribution < 1.29 is 48.0 Å². The van der Waals surface area contributed by atoms with Gasteiger partial charge in [-0.05, 0) is 114 Å². The van der Waals surface area contributed by atoms with Gasteiger partial charge in [0.1, 0.15) is 11.5 Å². The van der Waals surface area contributed by atoms with Crippen LogP contribution in [0.2, 0.25) is 0 Å². The van der Waals surface area contributed by atoms with Gasteiger partial charge in [-0.3, -0.25) is 4.79 Å². The summed E-state index contributed by atoms with van der Waals surface area (Å²) in [4.78, 5) is 37.6. The lowest BCUT2D eigenvalue weighted by molar-refractivity contribution is -0.337. The highest BCUT2D eigenvalue weighted by atomic mass is 127. The number of aliphatic carboxylic acids is 1. The van der Waals surface area contributed by atoms with Crippen LogP contribution in [0.3, 0.4) is 0 Å². The molecule has 0 aromatic heterocycles. The van der Waals surface area contributed by atoms with Crippen LogP contribution in [0.25, 0.3) is 0 Å². The van der Waals surface area contributed by atoms with Gasteiger partial charge in [0, 0.05) is 9.49 Å². The Morgan fingerprint density at radius 3 is 2.06 bits per heavy atom. The van der Waals surface area contributed by atoms with Crippen molar-refractivity contribution in [2.45, 2.75) is 50.6 Å². The zero-order chi connectivity index (χ0) is 26.4. The Balaban J connectivity index is 1.63. The van der Waals surface area contributed by atoms with Gasteiger partial charge in [0.2, 0.25) is 0 Å². The van der Waals surface area contributed by atoms with E-state index in [1.807, 2.05) is 45.2 Å². The standard InChI is InChI=1S/C24H26F2I2O8/c25-24(26,21(32)33)19(14(9-29)10-30)36-20(31)16-4-15(27)5-17(28)18(16)35-22(34)23-6-11-1-12(7-23)3-13(2-11)8-23/h4-5,11-14,19,29-30H,1-3,6-10H2,(H,32,33)/p-1. The number of carbonyl (C=O) groups excluding carboxylic acids is 3. The minimum Gasteiger partial charge on any atom is -0.544 e. The van der Waals surface area contributed by atoms with Gasteiger partial charge in [0.25, 0.3) is 0 Å². The third-order valence-corrected chi connectivity index (χ3v) is 9.08. The normalized spacial score (nSPS) is 27.7. The molecule has 1 unspecified atom stereocenters. The number of alkyl halides is 2. The largest absolute Gasteiger partial charge is 0.544 e. The average Bonchev–Trinajstić information content (AvgIpc) is 2.79. The monoisotopic (exact) mass is 733 g/mol. The van der Waals surface area contributed by atoms with E-state index < -0.39 is 54.5 Å². The van der Waals surface area contributed by atoms with Gasteiger partial charge >= 0.3 is 17.9 Å². The second-order valence-electron chi connectivity index (χ2n) is 10.2. The average molecular weight is 733 g/mol. The van der Waals surface area contributed by atoms with Gasteiger partial charge in [-0.15, -0.1) is 0 Å². The van der Waals surface area contributed by atoms with Gasteiger partial charge in [-0.2, -0.15) is 8.78 Å². The summed E-state index contributed by atoms with van der Waals surface area (Å²) in [6.45, 7) is -2.15. The number of hydrogen-bond donors (Lipinski definition) is 2. The minimum absolute atomic E-state index is 0.151. The van der Waals surface area contributed by atoms with Crippen molar-refractivity contribution in [1.82, 2.24) is 0 Å². The molecule has 1 aromatic rings. The van der Waals surface area contributed by atoms with Crippen molar-refractivity contribution in [2.75, 3.05) is 13.2 Å². The Hall–Kier alpha value is -1.13. The van der Waals surface area contributed by atoms with Crippen LogP contribution in [0.4, 0.5) is 8.78 Å². The van der Waals surface area contributed by atoms with Crippen molar-refractivity contribution in [3.63, 3.8) is 0 Å². The van der Waals surface area contributed by atoms with Crippen LogP contribution < -0.4 is 9.84 Å². The Morgan fingerprint density at radius 1 is 1.06 bits per heavy atom. The first-order chi connectivity index (χ1) is 16.9. The van der Waals surface area contributed by atoms with E-state index in [0.717, 1.165) is 19.3 Å². The summed E-state index contributed by atoms with van der Waals surface area (Å²) in [5.41, 5.74) is -0.982. The molecule has 4 fully saturated rings. The fraction of sp³-hybridized carbons (Fsp3) is 0.625. The number of hydrogen-bond acceptors (Lipinski definition) is 8. The lowest BCUT2D eigenvalue weighted by atomic mass is 9.49. The predicted octanol–water partition coefficient (Wildman–Crippen LogP) is 2.53. The number of rotatable bonds is 9. The highest BCUT2D eigenvalue weighted by Crippen LogP contribution is 2.60. The second kappa shape index (κ2) is 10.6. The molecule has 0 spiro atoms. The number of ether oxygens (including phenoxy) is 2. The van der Waals surface area contributed by atoms with Crippen LogP contribution in [-0.4, -0.2) is 53.4 Å². The van der Waals surface area contributed by atoms with Gasteiger partial charge in [-0.25, -0.2) is 4.79 Å². The van der Waals surface area contributed by atoms with E-state index in [1.165, 1.54) is 6.07 Å². The molecule has 4 saturated carbocycles. The van der Waals surface area contributed by atoms with Crippen LogP contribution in [0.15, 0.2) is 12.1 Å². The Labute approximate surface area is 233 Å². The third-order valence-electron chi connectivity index (χ3n) is 7.65. The van der Waals surface area contributed by atoms with Crippen LogP contribution >= 0.6 is 45.2 Å². The highest BCUT2D eigenvalue weighted by Gasteiger charge is 2.56. The van der Waals surface area contributed by atoms with E-state index in [4.69, 9.17) is 9.47 Å². The molecule has 4 aliphatic carbocycles. The fourth-order valence-electron chi connectivity index (χ4n) is 6.39. The number of aliphatic hydroxyl groups is 2. The molecule has 2 N–H and O–H groups in total. The maximum Gasteiger partial charge on any atom is 0.342 e. The lowest BCUT2D eigenvalue weighted by Crippen LogP contribution is -2.55. The van der Waals surface area contributed by atoms with Crippen LogP contribution in [0, 0.1) is 36.2 Å². The molecular formula is C24H25F2I2O8-. The number of carboxylic acid groups (broad SMARTS) is 1. The minimum atomic E-state index is -4.70. The Kier molecular flexibility index (Phi) is 8.18. The van der Waals surface area contributed by atoms with E-state index in [2.05, 4.69) is 0 Å². The summed E-state index contributed by atoms with van der Waals surface area (Å²) >= 11 is 3.76. The summed E-state index contributed by atoms with van der Waals surface area (Å²) in [6.07, 6.45) is 2.75. The van der Waals surface area contributed by atoms with Crippen molar-refractivity contribution >= 4 is 63.1 Å². The number of aliphatic hydroxyl groups excluding tert-OH is 2. The van der Waals surface area contributed by atoms with E-state index in [9.17, 15) is 38.5 Å². The van der Waals surface area contributed by atoms with Gasteiger partial charge in [-0.1, -0.05) is 0 Å². The summed E-state index contributed by atoms with van der Waals surface area (Å²) in [6, 6.07) is 2.92. The Morgan fingerprint density at radius 2 is 1.58 bits per heavy atom. The first-order valence-electron chi connectivity index (χ1n) is 11.6. The summed E-state index contributed by atoms with van der Waals surface area (Å²) in [7, 11) is 0. The maximum absolute atomic E-state index is 14.4. The van der Waals surface area contributed by atoms with E-state index in [-0.39, 0.29) is 11.3 Å². The summed E-state index contributed by atoms with van der Waals surface area (Å²) in [5.74, 6) is -9.91. The fourth-order valence-corrected chi connectivity index (χ4v) is 8.34. The molecule has 1 atom stereocenters. The maximum atomic E-state index is 14.4. The zero-order valence-electron chi connectivity index (χ0n) is 19.1. The molecule has 12 heteroatoms. The molecule has 0 aliphatic heterocycles. The van der Waals surface area contributed by atoms with E-state index in [0.29, 0.717) is 44.2 Å². The number of carboxylic acids is 1. The van der Waals surface area contributed by atoms with E-state index >= 15 is 0 Å². The zero-order valence-corrected chi connectivity index (χ0v) is 23.4. The van der Waals surface area contributed by atoms with Crippen LogP contribution in [0.1, 0.15) is 48.9 Å². The number of esters is 2. The van der Waals surface area contributed by atoms with Crippen molar-refractivity contribution in [3.05, 3.63) is 24.8 Å². The molecule has 198 valence electrons. The first kappa shape index (κ1) is 27.9. The topological polar surface area (TPSA) is 133 Å². The molecule has 0 radical (unpaired) electrons. The van der Waals surface area contributed by atoms with Crippen molar-refractivity contribution in [1.29, 1.82) is 0 Å². The number of benzene rings is 1. The molecule has 1 aromatic carbocycles. The summed E-state index contributed by atoms with van der Waals surface area (Å²) in [5, 5.41) is 29.8. The Bertz CT molecular complexity index is 1020. The molecule has 0 saturated heterocycles. The molecule has 36 heavy (non-hydrogen) atoms. The smallest absolute Gasteiger partial charge is 0.342 e. The van der Waals surface area contributed by atoms with Crippen molar-refractivity contribution in [3.8, 4) is 5.75 Å². The van der Waals surface area contributed by atoms with Crippen LogP contribution in [0.5, 0.6) is 5.75 Å². The van der Waals surface area contributed by atoms with Gasteiger partial charge < -0.3 is 29.6 Å². The third kappa shape index (κ3) is 5.23. The predicted molar refractivity (Wildman–Crippen MR) is 135 cm³/mol. The molecule has 0 heterocycles. The lowest BCUT2D eigenvalue weighted by Gasteiger charge is -2.55. The molecular weight excluding hydrogens is 708 g/mol. The second-order valence-corrected chi connectivity index (χ2v) is 12.6. The molecule has 0 amide bonds. The van der Waals surface area contributed by atoms with E-state index in [1.54, 1.807) is 6.07 Å². The van der Waals surface area contributed by atoms with Gasteiger partial charge in [0.05, 0.1) is 22.2 Å². The molecule has 4 bridgehead atoms. The number of halogens is 4. The molecule has 4 aliphatic rings. The quantitative estimate of drug-likeness (QED) is 0.225. The number of carbonyl (C=O) groups is 3. The first-order valence-corrected chi connectivity index (χ1v) is 13.8. The van der Waals surface area contributed by atoms with Crippen molar-refractivity contribution in [2.24, 2.45) is 29.1 Å². The van der Waals surface area contributed by atoms with Crippen LogP contribution in [-0.2, 0) is 14.3 Å². The molecule has 8 nitrogen and oxygen atoms in total.